The fraction of sp³-hybridized carbons (Fsp3) is 0.400. The van der Waals surface area contributed by atoms with Crippen LogP contribution in [0.3, 0.4) is 0 Å². The van der Waals surface area contributed by atoms with Gasteiger partial charge in [0.15, 0.2) is 0 Å². The van der Waals surface area contributed by atoms with Gasteiger partial charge in [-0.25, -0.2) is 4.39 Å². The second kappa shape index (κ2) is 5.05. The Morgan fingerprint density at radius 2 is 2.25 bits per heavy atom. The van der Waals surface area contributed by atoms with Crippen molar-refractivity contribution in [2.24, 2.45) is 5.92 Å². The predicted molar refractivity (Wildman–Crippen MR) is 80.5 cm³/mol. The highest BCUT2D eigenvalue weighted by atomic mass is 32.1. The average Bonchev–Trinajstić information content (AvgIpc) is 2.70. The van der Waals surface area contributed by atoms with Crippen LogP contribution in [0.4, 0.5) is 10.1 Å². The molecule has 1 aliphatic carbocycles. The first-order chi connectivity index (χ1) is 9.56. The number of nitrogens with zero attached hydrogens (tertiary/aromatic N) is 1. The Morgan fingerprint density at radius 3 is 2.90 bits per heavy atom. The number of carbonyl (C=O) groups is 1. The summed E-state index contributed by atoms with van der Waals surface area (Å²) < 4.78 is 14.1. The Hall–Kier alpha value is -1.62. The maximum absolute atomic E-state index is 13.3. The van der Waals surface area contributed by atoms with Gasteiger partial charge in [-0.2, -0.15) is 0 Å². The molecule has 1 amide bonds. The van der Waals surface area contributed by atoms with Crippen molar-refractivity contribution in [3.63, 3.8) is 0 Å². The first kappa shape index (κ1) is 13.4. The van der Waals surface area contributed by atoms with Gasteiger partial charge in [-0.15, -0.1) is 11.3 Å². The third-order valence-electron chi connectivity index (χ3n) is 3.99. The zero-order chi connectivity index (χ0) is 14.3. The van der Waals surface area contributed by atoms with Crippen LogP contribution < -0.4 is 5.73 Å². The van der Waals surface area contributed by atoms with Gasteiger partial charge in [0, 0.05) is 23.7 Å². The van der Waals surface area contributed by atoms with Crippen molar-refractivity contribution in [2.75, 3.05) is 19.3 Å². The highest BCUT2D eigenvalue weighted by Crippen LogP contribution is 2.35. The summed E-state index contributed by atoms with van der Waals surface area (Å²) in [6.07, 6.45) is 3.66. The average molecular weight is 292 g/mol. The van der Waals surface area contributed by atoms with Crippen molar-refractivity contribution < 1.29 is 9.18 Å². The quantitative estimate of drug-likeness (QED) is 0.941. The van der Waals surface area contributed by atoms with Crippen LogP contribution in [-0.4, -0.2) is 24.4 Å². The Balaban J connectivity index is 1.88. The van der Waals surface area contributed by atoms with Crippen molar-refractivity contribution in [1.82, 2.24) is 4.90 Å². The van der Waals surface area contributed by atoms with Crippen LogP contribution >= 0.6 is 11.3 Å². The summed E-state index contributed by atoms with van der Waals surface area (Å²) in [5, 5.41) is 0.635. The van der Waals surface area contributed by atoms with Gasteiger partial charge in [-0.3, -0.25) is 4.79 Å². The molecule has 0 bridgehead atoms. The van der Waals surface area contributed by atoms with E-state index in [2.05, 4.69) is 0 Å². The number of nitrogens with two attached hydrogens (primary N) is 1. The minimum Gasteiger partial charge on any atom is -0.397 e. The number of halogens is 1. The highest BCUT2D eigenvalue weighted by molar-refractivity contribution is 7.21. The number of thiophene rings is 1. The van der Waals surface area contributed by atoms with Gasteiger partial charge in [0.25, 0.3) is 5.91 Å². The zero-order valence-corrected chi connectivity index (χ0v) is 12.2. The normalized spacial score (nSPS) is 15.3. The van der Waals surface area contributed by atoms with Crippen LogP contribution in [0, 0.1) is 11.7 Å². The molecule has 0 radical (unpaired) electrons. The van der Waals surface area contributed by atoms with Crippen LogP contribution in [-0.2, 0) is 0 Å². The summed E-state index contributed by atoms with van der Waals surface area (Å²) >= 11 is 1.34. The van der Waals surface area contributed by atoms with E-state index in [1.54, 1.807) is 11.0 Å². The summed E-state index contributed by atoms with van der Waals surface area (Å²) in [5.74, 6) is 0.233. The smallest absolute Gasteiger partial charge is 0.265 e. The van der Waals surface area contributed by atoms with Crippen molar-refractivity contribution in [3.05, 3.63) is 28.9 Å². The standard InChI is InChI=1S/C15H17FN2OS/c1-18(8-9-3-2-4-9)15(19)14-13(17)11-7-10(16)5-6-12(11)20-14/h5-7,9H,2-4,8,17H2,1H3. The second-order valence-corrected chi connectivity index (χ2v) is 6.52. The maximum atomic E-state index is 13.3. The number of hydrogen-bond donors (Lipinski definition) is 1. The number of carbonyl (C=O) groups excluding carboxylic acids is 1. The largest absolute Gasteiger partial charge is 0.397 e. The topological polar surface area (TPSA) is 46.3 Å². The summed E-state index contributed by atoms with van der Waals surface area (Å²) in [5.41, 5.74) is 6.42. The summed E-state index contributed by atoms with van der Waals surface area (Å²) in [6.45, 7) is 0.779. The van der Waals surface area contributed by atoms with Crippen molar-refractivity contribution in [1.29, 1.82) is 0 Å². The molecule has 1 heterocycles. The van der Waals surface area contributed by atoms with Crippen molar-refractivity contribution >= 4 is 33.0 Å². The number of nitrogen functional groups attached to an aromatic ring is 1. The monoisotopic (exact) mass is 292 g/mol. The number of fused-ring (bicyclic) bond motifs is 1. The van der Waals surface area contributed by atoms with Crippen LogP contribution in [0.5, 0.6) is 0 Å². The number of hydrogen-bond acceptors (Lipinski definition) is 3. The molecule has 20 heavy (non-hydrogen) atoms. The Labute approximate surface area is 121 Å². The molecule has 106 valence electrons. The second-order valence-electron chi connectivity index (χ2n) is 5.47. The van der Waals surface area contributed by atoms with E-state index in [4.69, 9.17) is 5.73 Å². The minimum absolute atomic E-state index is 0.0593. The number of rotatable bonds is 3. The zero-order valence-electron chi connectivity index (χ0n) is 11.4. The van der Waals surface area contributed by atoms with Crippen molar-refractivity contribution in [2.45, 2.75) is 19.3 Å². The number of anilines is 1. The van der Waals surface area contributed by atoms with Gasteiger partial charge in [-0.1, -0.05) is 6.42 Å². The summed E-state index contributed by atoms with van der Waals surface area (Å²) in [7, 11) is 1.81. The molecule has 2 aromatic rings. The lowest BCUT2D eigenvalue weighted by atomic mass is 9.85. The van der Waals surface area contributed by atoms with Crippen LogP contribution in [0.2, 0.25) is 0 Å². The molecule has 3 nitrogen and oxygen atoms in total. The molecule has 0 saturated heterocycles. The third-order valence-corrected chi connectivity index (χ3v) is 5.16. The van der Waals surface area contributed by atoms with E-state index in [9.17, 15) is 9.18 Å². The van der Waals surface area contributed by atoms with Crippen LogP contribution in [0.25, 0.3) is 10.1 Å². The molecule has 1 aliphatic rings. The molecule has 0 unspecified atom stereocenters. The van der Waals surface area contributed by atoms with Crippen LogP contribution in [0.1, 0.15) is 28.9 Å². The number of benzene rings is 1. The van der Waals surface area contributed by atoms with Gasteiger partial charge in [0.2, 0.25) is 0 Å². The SMILES string of the molecule is CN(CC1CCC1)C(=O)c1sc2ccc(F)cc2c1N. The lowest BCUT2D eigenvalue weighted by Crippen LogP contribution is -2.34. The molecule has 1 aromatic carbocycles. The third kappa shape index (κ3) is 2.26. The summed E-state index contributed by atoms with van der Waals surface area (Å²) in [4.78, 5) is 14.7. The van der Waals surface area contributed by atoms with E-state index in [1.165, 1.54) is 42.7 Å². The first-order valence-corrected chi connectivity index (χ1v) is 7.61. The molecule has 5 heteroatoms. The van der Waals surface area contributed by atoms with Gasteiger partial charge in [-0.05, 0) is 37.0 Å². The van der Waals surface area contributed by atoms with Crippen molar-refractivity contribution in [3.8, 4) is 0 Å². The molecular formula is C15H17FN2OS. The van der Waals surface area contributed by atoms with E-state index >= 15 is 0 Å². The lowest BCUT2D eigenvalue weighted by Gasteiger charge is -2.30. The molecule has 1 saturated carbocycles. The molecule has 3 rings (SSSR count). The minimum atomic E-state index is -0.330. The van der Waals surface area contributed by atoms with Gasteiger partial charge >= 0.3 is 0 Å². The highest BCUT2D eigenvalue weighted by Gasteiger charge is 2.24. The Bertz CT molecular complexity index is 663. The van der Waals surface area contributed by atoms with Gasteiger partial charge in [0.05, 0.1) is 5.69 Å². The summed E-state index contributed by atoms with van der Waals surface area (Å²) in [6, 6.07) is 4.46. The lowest BCUT2D eigenvalue weighted by molar-refractivity contribution is 0.0751. The molecular weight excluding hydrogens is 275 g/mol. The fourth-order valence-electron chi connectivity index (χ4n) is 2.57. The predicted octanol–water partition coefficient (Wildman–Crippen LogP) is 3.49. The van der Waals surface area contributed by atoms with Gasteiger partial charge < -0.3 is 10.6 Å². The maximum Gasteiger partial charge on any atom is 0.265 e. The first-order valence-electron chi connectivity index (χ1n) is 6.79. The van der Waals surface area contributed by atoms with Crippen LogP contribution in [0.15, 0.2) is 18.2 Å². The van der Waals surface area contributed by atoms with E-state index in [1.807, 2.05) is 7.05 Å². The molecule has 0 spiro atoms. The van der Waals surface area contributed by atoms with E-state index in [-0.39, 0.29) is 11.7 Å². The molecule has 1 fully saturated rings. The Morgan fingerprint density at radius 1 is 1.50 bits per heavy atom. The molecule has 1 aromatic heterocycles. The van der Waals surface area contributed by atoms with E-state index in [0.29, 0.717) is 21.9 Å². The Kier molecular flexibility index (Phi) is 3.38. The molecule has 2 N–H and O–H groups in total. The fourth-order valence-corrected chi connectivity index (χ4v) is 3.66. The van der Waals surface area contributed by atoms with E-state index < -0.39 is 0 Å². The number of amides is 1. The molecule has 0 aliphatic heterocycles. The molecule has 0 atom stereocenters. The van der Waals surface area contributed by atoms with E-state index in [0.717, 1.165) is 11.2 Å². The van der Waals surface area contributed by atoms with Gasteiger partial charge in [0.1, 0.15) is 10.7 Å².